The molecular weight excluding hydrogens is 320 g/mol. The number of carboxylic acid groups (broad SMARTS) is 1. The van der Waals surface area contributed by atoms with Crippen LogP contribution in [0.25, 0.3) is 0 Å². The van der Waals surface area contributed by atoms with Gasteiger partial charge in [0.05, 0.1) is 7.11 Å². The van der Waals surface area contributed by atoms with Crippen LogP contribution in [0.3, 0.4) is 0 Å². The molecule has 0 spiro atoms. The van der Waals surface area contributed by atoms with Crippen LogP contribution in [0.4, 0.5) is 10.7 Å². The summed E-state index contributed by atoms with van der Waals surface area (Å²) in [5.74, 6) is 0.941. The first-order chi connectivity index (χ1) is 11.0. The van der Waals surface area contributed by atoms with Crippen LogP contribution in [0, 0.1) is 0 Å². The maximum absolute atomic E-state index is 11.5. The normalized spacial score (nSPS) is 26.7. The highest BCUT2D eigenvalue weighted by Crippen LogP contribution is 2.36. The van der Waals surface area contributed by atoms with Gasteiger partial charge in [0.1, 0.15) is 5.15 Å². The van der Waals surface area contributed by atoms with E-state index in [4.69, 9.17) is 16.3 Å². The molecule has 3 heterocycles. The van der Waals surface area contributed by atoms with Gasteiger partial charge < -0.3 is 19.6 Å². The predicted molar refractivity (Wildman–Crippen MR) is 86.3 cm³/mol. The van der Waals surface area contributed by atoms with E-state index in [2.05, 4.69) is 9.97 Å². The van der Waals surface area contributed by atoms with Crippen LogP contribution in [0.2, 0.25) is 5.15 Å². The van der Waals surface area contributed by atoms with Crippen LogP contribution in [-0.2, 0) is 0 Å². The summed E-state index contributed by atoms with van der Waals surface area (Å²) in [4.78, 5) is 23.8. The van der Waals surface area contributed by atoms with E-state index < -0.39 is 6.09 Å². The van der Waals surface area contributed by atoms with E-state index in [0.29, 0.717) is 17.0 Å². The van der Waals surface area contributed by atoms with Crippen molar-refractivity contribution in [1.29, 1.82) is 0 Å². The largest absolute Gasteiger partial charge is 0.481 e. The van der Waals surface area contributed by atoms with Crippen molar-refractivity contribution in [3.05, 3.63) is 11.2 Å². The molecule has 2 aliphatic heterocycles. The van der Waals surface area contributed by atoms with Gasteiger partial charge in [0.25, 0.3) is 0 Å². The van der Waals surface area contributed by atoms with Gasteiger partial charge >= 0.3 is 6.09 Å². The molecule has 2 aliphatic rings. The molecule has 23 heavy (non-hydrogen) atoms. The molecule has 2 bridgehead atoms. The van der Waals surface area contributed by atoms with Crippen molar-refractivity contribution in [2.45, 2.75) is 50.2 Å². The average Bonchev–Trinajstić information content (AvgIpc) is 2.52. The Balaban J connectivity index is 1.80. The first-order valence-corrected chi connectivity index (χ1v) is 8.20. The van der Waals surface area contributed by atoms with Crippen LogP contribution in [0.5, 0.6) is 5.88 Å². The first kappa shape index (κ1) is 16.1. The Kier molecular flexibility index (Phi) is 4.48. The molecule has 3 rings (SSSR count). The lowest BCUT2D eigenvalue weighted by atomic mass is 9.81. The maximum Gasteiger partial charge on any atom is 0.407 e. The van der Waals surface area contributed by atoms with Gasteiger partial charge in [-0.2, -0.15) is 4.98 Å². The second kappa shape index (κ2) is 6.39. The van der Waals surface area contributed by atoms with Crippen LogP contribution >= 0.6 is 11.6 Å². The molecule has 3 atom stereocenters. The number of rotatable bonds is 3. The highest BCUT2D eigenvalue weighted by Gasteiger charge is 2.42. The van der Waals surface area contributed by atoms with Crippen LogP contribution in [0.1, 0.15) is 32.1 Å². The molecule has 126 valence electrons. The van der Waals surface area contributed by atoms with Crippen LogP contribution < -0.4 is 9.64 Å². The lowest BCUT2D eigenvalue weighted by molar-refractivity contribution is 0.0351. The highest BCUT2D eigenvalue weighted by atomic mass is 35.5. The molecule has 0 radical (unpaired) electrons. The number of halogens is 1. The maximum atomic E-state index is 11.5. The molecule has 7 nitrogen and oxygen atoms in total. The number of piperidine rings is 2. The number of ether oxygens (including phenoxy) is 1. The first-order valence-electron chi connectivity index (χ1n) is 7.82. The molecule has 0 aliphatic carbocycles. The molecule has 1 aromatic rings. The molecule has 0 unspecified atom stereocenters. The molecule has 1 amide bonds. The minimum absolute atomic E-state index is 0.0773. The fourth-order valence-electron chi connectivity index (χ4n) is 3.79. The Hall–Kier alpha value is -1.76. The van der Waals surface area contributed by atoms with E-state index in [1.807, 2.05) is 11.9 Å². The molecule has 2 saturated heterocycles. The van der Waals surface area contributed by atoms with Crippen molar-refractivity contribution >= 4 is 23.6 Å². The van der Waals surface area contributed by atoms with Gasteiger partial charge in [0, 0.05) is 31.2 Å². The van der Waals surface area contributed by atoms with E-state index in [0.717, 1.165) is 32.1 Å². The summed E-state index contributed by atoms with van der Waals surface area (Å²) in [7, 11) is 3.47. The summed E-state index contributed by atoms with van der Waals surface area (Å²) < 4.78 is 5.15. The standard InChI is InChI=1S/C15H21ClN4O3/c1-19(14-17-12(16)8-13(18-14)23-2)11-6-9-4-3-5-10(7-11)20(9)15(21)22/h8-11H,3-7H2,1-2H3,(H,21,22)/t9-,10+,11+. The number of nitrogens with zero attached hydrogens (tertiary/aromatic N) is 4. The number of hydrogen-bond donors (Lipinski definition) is 1. The monoisotopic (exact) mass is 340 g/mol. The summed E-state index contributed by atoms with van der Waals surface area (Å²) in [6.07, 6.45) is 3.72. The molecule has 2 fully saturated rings. The zero-order chi connectivity index (χ0) is 16.6. The van der Waals surface area contributed by atoms with Gasteiger partial charge in [-0.3, -0.25) is 0 Å². The third-order valence-electron chi connectivity index (χ3n) is 4.90. The summed E-state index contributed by atoms with van der Waals surface area (Å²) >= 11 is 6.03. The SMILES string of the molecule is COc1cc(Cl)nc(N(C)[C@H]2C[C@H]3CCC[C@@H](C2)N3C(=O)O)n1. The minimum Gasteiger partial charge on any atom is -0.481 e. The summed E-state index contributed by atoms with van der Waals surface area (Å²) in [6.45, 7) is 0. The van der Waals surface area contributed by atoms with Crippen molar-refractivity contribution < 1.29 is 14.6 Å². The molecule has 8 heteroatoms. The zero-order valence-electron chi connectivity index (χ0n) is 13.3. The van der Waals surface area contributed by atoms with Gasteiger partial charge in [0.15, 0.2) is 0 Å². The minimum atomic E-state index is -0.804. The van der Waals surface area contributed by atoms with E-state index >= 15 is 0 Å². The number of methoxy groups -OCH3 is 1. The van der Waals surface area contributed by atoms with E-state index in [9.17, 15) is 9.90 Å². The number of amides is 1. The predicted octanol–water partition coefficient (Wildman–Crippen LogP) is 2.64. The Morgan fingerprint density at radius 3 is 2.61 bits per heavy atom. The number of hydrogen-bond acceptors (Lipinski definition) is 5. The van der Waals surface area contributed by atoms with Crippen molar-refractivity contribution in [3.8, 4) is 5.88 Å². The summed E-state index contributed by atoms with van der Waals surface area (Å²) in [5.41, 5.74) is 0. The number of aromatic nitrogens is 2. The van der Waals surface area contributed by atoms with Crippen LogP contribution in [-0.4, -0.2) is 58.4 Å². The smallest absolute Gasteiger partial charge is 0.407 e. The Morgan fingerprint density at radius 2 is 2.04 bits per heavy atom. The third kappa shape index (κ3) is 3.15. The second-order valence-electron chi connectivity index (χ2n) is 6.20. The van der Waals surface area contributed by atoms with Crippen molar-refractivity contribution in [2.24, 2.45) is 0 Å². The Labute approximate surface area is 140 Å². The topological polar surface area (TPSA) is 78.8 Å². The Bertz CT molecular complexity index is 586. The van der Waals surface area contributed by atoms with Crippen LogP contribution in [0.15, 0.2) is 6.07 Å². The average molecular weight is 341 g/mol. The summed E-state index contributed by atoms with van der Waals surface area (Å²) in [6, 6.07) is 1.92. The molecular formula is C15H21ClN4O3. The van der Waals surface area contributed by atoms with E-state index in [-0.39, 0.29) is 18.1 Å². The lowest BCUT2D eigenvalue weighted by Gasteiger charge is -2.49. The van der Waals surface area contributed by atoms with Gasteiger partial charge in [-0.05, 0) is 32.1 Å². The van der Waals surface area contributed by atoms with Gasteiger partial charge in [-0.15, -0.1) is 0 Å². The summed E-state index contributed by atoms with van der Waals surface area (Å²) in [5, 5.41) is 9.78. The fourth-order valence-corrected chi connectivity index (χ4v) is 3.96. The van der Waals surface area contributed by atoms with Gasteiger partial charge in [-0.1, -0.05) is 11.6 Å². The zero-order valence-corrected chi connectivity index (χ0v) is 14.0. The number of carbonyl (C=O) groups is 1. The van der Waals surface area contributed by atoms with Gasteiger partial charge in [-0.25, -0.2) is 9.78 Å². The second-order valence-corrected chi connectivity index (χ2v) is 6.58. The molecule has 1 N–H and O–H groups in total. The lowest BCUT2D eigenvalue weighted by Crippen LogP contribution is -2.58. The quantitative estimate of drug-likeness (QED) is 0.852. The highest BCUT2D eigenvalue weighted by molar-refractivity contribution is 6.29. The number of anilines is 1. The van der Waals surface area contributed by atoms with Crippen molar-refractivity contribution in [3.63, 3.8) is 0 Å². The fraction of sp³-hybridized carbons (Fsp3) is 0.667. The molecule has 0 saturated carbocycles. The van der Waals surface area contributed by atoms with Gasteiger partial charge in [0.2, 0.25) is 11.8 Å². The van der Waals surface area contributed by atoms with Crippen molar-refractivity contribution in [1.82, 2.24) is 14.9 Å². The molecule has 0 aromatic carbocycles. The molecule has 1 aromatic heterocycles. The Morgan fingerprint density at radius 1 is 1.39 bits per heavy atom. The number of fused-ring (bicyclic) bond motifs is 2. The van der Waals surface area contributed by atoms with E-state index in [1.165, 1.54) is 7.11 Å². The van der Waals surface area contributed by atoms with Crippen molar-refractivity contribution in [2.75, 3.05) is 19.1 Å². The third-order valence-corrected chi connectivity index (χ3v) is 5.10. The van der Waals surface area contributed by atoms with E-state index in [1.54, 1.807) is 11.0 Å².